The Labute approximate surface area is 132 Å². The Morgan fingerprint density at radius 2 is 1.86 bits per heavy atom. The summed E-state index contributed by atoms with van der Waals surface area (Å²) in [6.45, 7) is 2.01. The first-order valence-electron chi connectivity index (χ1n) is 6.95. The average molecular weight is 345 g/mol. The Balaban J connectivity index is 1.85. The molecular weight excluding hydrogens is 328 g/mol. The first-order valence-corrected chi connectivity index (χ1v) is 7.74. The van der Waals surface area contributed by atoms with Gasteiger partial charge >= 0.3 is 0 Å². The van der Waals surface area contributed by atoms with Gasteiger partial charge in [0.15, 0.2) is 0 Å². The van der Waals surface area contributed by atoms with E-state index in [0.29, 0.717) is 0 Å². The number of amides is 1. The van der Waals surface area contributed by atoms with Crippen molar-refractivity contribution < 1.29 is 4.79 Å². The molecule has 108 valence electrons. The van der Waals surface area contributed by atoms with Crippen molar-refractivity contribution in [3.05, 3.63) is 58.1 Å². The third-order valence-corrected chi connectivity index (χ3v) is 4.71. The smallest absolute Gasteiger partial charge is 0.235 e. The van der Waals surface area contributed by atoms with Crippen LogP contribution >= 0.6 is 15.9 Å². The maximum atomic E-state index is 12.7. The zero-order valence-electron chi connectivity index (χ0n) is 11.8. The van der Waals surface area contributed by atoms with E-state index in [9.17, 15) is 4.79 Å². The molecule has 3 nitrogen and oxygen atoms in total. The van der Waals surface area contributed by atoms with Crippen LogP contribution in [0, 0.1) is 6.92 Å². The van der Waals surface area contributed by atoms with Gasteiger partial charge in [-0.15, -0.1) is 0 Å². The second-order valence-electron chi connectivity index (χ2n) is 5.64. The summed E-state index contributed by atoms with van der Waals surface area (Å²) in [5.74, 6) is 0.0542. The molecule has 2 aromatic carbocycles. The Morgan fingerprint density at radius 3 is 2.48 bits per heavy atom. The maximum Gasteiger partial charge on any atom is 0.235 e. The van der Waals surface area contributed by atoms with E-state index in [1.165, 1.54) is 0 Å². The van der Waals surface area contributed by atoms with Gasteiger partial charge in [-0.25, -0.2) is 0 Å². The van der Waals surface area contributed by atoms with E-state index in [-0.39, 0.29) is 5.91 Å². The summed E-state index contributed by atoms with van der Waals surface area (Å²) in [5.41, 5.74) is 9.02. The topological polar surface area (TPSA) is 55.1 Å². The van der Waals surface area contributed by atoms with Crippen LogP contribution in [0.15, 0.2) is 46.9 Å². The third kappa shape index (κ3) is 2.68. The Hall–Kier alpha value is -1.81. The minimum Gasteiger partial charge on any atom is -0.399 e. The summed E-state index contributed by atoms with van der Waals surface area (Å²) in [7, 11) is 0. The molecule has 1 fully saturated rings. The number of nitrogens with one attached hydrogen (secondary N) is 1. The number of hydrogen-bond donors (Lipinski definition) is 2. The van der Waals surface area contributed by atoms with Gasteiger partial charge in [-0.05, 0) is 71.1 Å². The highest BCUT2D eigenvalue weighted by atomic mass is 79.9. The van der Waals surface area contributed by atoms with E-state index in [1.54, 1.807) is 0 Å². The number of carbonyl (C=O) groups excluding carboxylic acids is 1. The third-order valence-electron chi connectivity index (χ3n) is 4.02. The van der Waals surface area contributed by atoms with Gasteiger partial charge in [0.2, 0.25) is 5.91 Å². The van der Waals surface area contributed by atoms with E-state index in [4.69, 9.17) is 5.73 Å². The van der Waals surface area contributed by atoms with Crippen LogP contribution in [0.5, 0.6) is 0 Å². The minimum atomic E-state index is -0.392. The monoisotopic (exact) mass is 344 g/mol. The molecule has 1 aliphatic rings. The molecule has 0 unspecified atom stereocenters. The molecule has 4 heteroatoms. The molecule has 0 atom stereocenters. The number of aryl methyl sites for hydroxylation is 1. The van der Waals surface area contributed by atoms with E-state index in [2.05, 4.69) is 21.2 Å². The van der Waals surface area contributed by atoms with Crippen molar-refractivity contribution in [2.45, 2.75) is 25.2 Å². The Kier molecular flexibility index (Phi) is 3.49. The summed E-state index contributed by atoms with van der Waals surface area (Å²) in [4.78, 5) is 12.7. The average Bonchev–Trinajstić information content (AvgIpc) is 3.25. The van der Waals surface area contributed by atoms with Gasteiger partial charge in [-0.2, -0.15) is 0 Å². The quantitative estimate of drug-likeness (QED) is 0.826. The lowest BCUT2D eigenvalue weighted by Gasteiger charge is -2.17. The van der Waals surface area contributed by atoms with Crippen LogP contribution in [0.2, 0.25) is 0 Å². The summed E-state index contributed by atoms with van der Waals surface area (Å²) in [6, 6.07) is 13.5. The van der Waals surface area contributed by atoms with Crippen molar-refractivity contribution in [1.29, 1.82) is 0 Å². The highest BCUT2D eigenvalue weighted by Crippen LogP contribution is 2.49. The highest BCUT2D eigenvalue weighted by molar-refractivity contribution is 9.10. The van der Waals surface area contributed by atoms with Crippen LogP contribution in [-0.4, -0.2) is 5.91 Å². The first-order chi connectivity index (χ1) is 10.0. The van der Waals surface area contributed by atoms with Gasteiger partial charge < -0.3 is 11.1 Å². The largest absolute Gasteiger partial charge is 0.399 e. The number of halogens is 1. The predicted molar refractivity (Wildman–Crippen MR) is 89.3 cm³/mol. The first kappa shape index (κ1) is 14.1. The van der Waals surface area contributed by atoms with Crippen molar-refractivity contribution in [2.24, 2.45) is 0 Å². The SMILES string of the molecule is Cc1ccc(Br)c(NC(=O)C2(c3ccc(N)cc3)CC2)c1. The normalized spacial score (nSPS) is 15.5. The molecule has 1 amide bonds. The van der Waals surface area contributed by atoms with Crippen molar-refractivity contribution in [3.8, 4) is 0 Å². The van der Waals surface area contributed by atoms with Crippen molar-refractivity contribution in [2.75, 3.05) is 11.1 Å². The van der Waals surface area contributed by atoms with Gasteiger partial charge in [-0.1, -0.05) is 18.2 Å². The molecule has 2 aromatic rings. The molecule has 0 spiro atoms. The number of rotatable bonds is 3. The van der Waals surface area contributed by atoms with Crippen LogP contribution in [-0.2, 0) is 10.2 Å². The number of carbonyl (C=O) groups is 1. The zero-order valence-corrected chi connectivity index (χ0v) is 13.4. The summed E-state index contributed by atoms with van der Waals surface area (Å²) in [5, 5.41) is 3.05. The maximum absolute atomic E-state index is 12.7. The standard InChI is InChI=1S/C17H17BrN2O/c1-11-2-7-14(18)15(10-11)20-16(21)17(8-9-17)12-3-5-13(19)6-4-12/h2-7,10H,8-9,19H2,1H3,(H,20,21). The fraction of sp³-hybridized carbons (Fsp3) is 0.235. The molecule has 0 aliphatic heterocycles. The molecule has 0 radical (unpaired) electrons. The van der Waals surface area contributed by atoms with Crippen LogP contribution in [0.25, 0.3) is 0 Å². The molecule has 1 saturated carbocycles. The highest BCUT2D eigenvalue weighted by Gasteiger charge is 2.51. The van der Waals surface area contributed by atoms with Crippen molar-refractivity contribution in [1.82, 2.24) is 0 Å². The van der Waals surface area contributed by atoms with Gasteiger partial charge in [0, 0.05) is 10.2 Å². The van der Waals surface area contributed by atoms with Gasteiger partial charge in [-0.3, -0.25) is 4.79 Å². The van der Waals surface area contributed by atoms with E-state index in [0.717, 1.165) is 39.8 Å². The Bertz CT molecular complexity index is 690. The molecule has 0 saturated heterocycles. The summed E-state index contributed by atoms with van der Waals surface area (Å²) < 4.78 is 0.898. The molecule has 3 N–H and O–H groups in total. The second kappa shape index (κ2) is 5.19. The number of nitrogen functional groups attached to an aromatic ring is 1. The van der Waals surface area contributed by atoms with Gasteiger partial charge in [0.1, 0.15) is 0 Å². The lowest BCUT2D eigenvalue weighted by molar-refractivity contribution is -0.118. The van der Waals surface area contributed by atoms with E-state index < -0.39 is 5.41 Å². The fourth-order valence-corrected chi connectivity index (χ4v) is 2.90. The minimum absolute atomic E-state index is 0.0542. The number of nitrogens with two attached hydrogens (primary N) is 1. The molecule has 0 heterocycles. The lowest BCUT2D eigenvalue weighted by Crippen LogP contribution is -2.28. The Morgan fingerprint density at radius 1 is 1.19 bits per heavy atom. The van der Waals surface area contributed by atoms with Gasteiger partial charge in [0.25, 0.3) is 0 Å². The molecule has 3 rings (SSSR count). The lowest BCUT2D eigenvalue weighted by atomic mass is 9.94. The molecule has 0 aromatic heterocycles. The van der Waals surface area contributed by atoms with Gasteiger partial charge in [0.05, 0.1) is 11.1 Å². The van der Waals surface area contributed by atoms with Crippen LogP contribution in [0.3, 0.4) is 0 Å². The summed E-state index contributed by atoms with van der Waals surface area (Å²) in [6.07, 6.45) is 1.76. The molecule has 21 heavy (non-hydrogen) atoms. The van der Waals surface area contributed by atoms with Crippen LogP contribution < -0.4 is 11.1 Å². The predicted octanol–water partition coefficient (Wildman–Crippen LogP) is 4.01. The number of hydrogen-bond acceptors (Lipinski definition) is 2. The van der Waals surface area contributed by atoms with Crippen molar-refractivity contribution in [3.63, 3.8) is 0 Å². The van der Waals surface area contributed by atoms with Crippen LogP contribution in [0.4, 0.5) is 11.4 Å². The van der Waals surface area contributed by atoms with E-state index >= 15 is 0 Å². The molecule has 0 bridgehead atoms. The summed E-state index contributed by atoms with van der Waals surface area (Å²) >= 11 is 3.48. The number of anilines is 2. The van der Waals surface area contributed by atoms with E-state index in [1.807, 2.05) is 49.4 Å². The second-order valence-corrected chi connectivity index (χ2v) is 6.50. The molecular formula is C17H17BrN2O. The van der Waals surface area contributed by atoms with Crippen molar-refractivity contribution >= 4 is 33.2 Å². The zero-order chi connectivity index (χ0) is 15.0. The molecule has 1 aliphatic carbocycles. The number of benzene rings is 2. The fourth-order valence-electron chi connectivity index (χ4n) is 2.55. The van der Waals surface area contributed by atoms with Crippen LogP contribution in [0.1, 0.15) is 24.0 Å².